The summed E-state index contributed by atoms with van der Waals surface area (Å²) in [6.07, 6.45) is 7.76. The SMILES string of the molecule is C=C/C(=C\C=C/C)C(=C)C(=C)c1cccc(N(C)C)c1. The molecule has 0 aliphatic heterocycles. The van der Waals surface area contributed by atoms with Crippen molar-refractivity contribution in [3.8, 4) is 0 Å². The van der Waals surface area contributed by atoms with Gasteiger partial charge in [-0.15, -0.1) is 0 Å². The Hall–Kier alpha value is -2.28. The summed E-state index contributed by atoms with van der Waals surface area (Å²) in [5.74, 6) is 0. The number of rotatable bonds is 6. The fourth-order valence-corrected chi connectivity index (χ4v) is 1.81. The van der Waals surface area contributed by atoms with Gasteiger partial charge in [0.25, 0.3) is 0 Å². The van der Waals surface area contributed by atoms with Gasteiger partial charge in [-0.05, 0) is 41.3 Å². The van der Waals surface area contributed by atoms with Gasteiger partial charge in [0.05, 0.1) is 0 Å². The standard InChI is InChI=1S/C19H23N/c1-7-9-11-17(8-2)15(3)16(4)18-12-10-13-19(14-18)20(5)6/h7-14H,2-4H2,1,5-6H3/b9-7-,17-11+. The van der Waals surface area contributed by atoms with Gasteiger partial charge < -0.3 is 4.90 Å². The van der Waals surface area contributed by atoms with Crippen LogP contribution in [0.25, 0.3) is 5.57 Å². The van der Waals surface area contributed by atoms with Crippen LogP contribution in [-0.2, 0) is 0 Å². The molecule has 1 heteroatoms. The second-order valence-electron chi connectivity index (χ2n) is 4.75. The molecule has 0 bridgehead atoms. The maximum atomic E-state index is 4.17. The van der Waals surface area contributed by atoms with Crippen LogP contribution < -0.4 is 4.90 Å². The van der Waals surface area contributed by atoms with Crippen LogP contribution in [0.4, 0.5) is 5.69 Å². The normalized spacial score (nSPS) is 11.4. The monoisotopic (exact) mass is 265 g/mol. The van der Waals surface area contributed by atoms with Crippen molar-refractivity contribution in [3.63, 3.8) is 0 Å². The highest BCUT2D eigenvalue weighted by molar-refractivity contribution is 5.83. The van der Waals surface area contributed by atoms with Gasteiger partial charge in [-0.1, -0.05) is 56.2 Å². The van der Waals surface area contributed by atoms with E-state index in [4.69, 9.17) is 0 Å². The van der Waals surface area contributed by atoms with E-state index < -0.39 is 0 Å². The van der Waals surface area contributed by atoms with Crippen molar-refractivity contribution in [2.75, 3.05) is 19.0 Å². The van der Waals surface area contributed by atoms with E-state index in [2.05, 4.69) is 42.8 Å². The van der Waals surface area contributed by atoms with Gasteiger partial charge in [0.1, 0.15) is 0 Å². The molecule has 20 heavy (non-hydrogen) atoms. The molecule has 1 nitrogen and oxygen atoms in total. The topological polar surface area (TPSA) is 3.24 Å². The summed E-state index contributed by atoms with van der Waals surface area (Å²) in [5, 5.41) is 0. The Bertz CT molecular complexity index is 571. The smallest absolute Gasteiger partial charge is 0.0367 e. The first-order valence-corrected chi connectivity index (χ1v) is 6.63. The number of anilines is 1. The van der Waals surface area contributed by atoms with E-state index in [9.17, 15) is 0 Å². The molecule has 104 valence electrons. The van der Waals surface area contributed by atoms with E-state index in [0.717, 1.165) is 28.0 Å². The summed E-state index contributed by atoms with van der Waals surface area (Å²) in [6.45, 7) is 14.1. The summed E-state index contributed by atoms with van der Waals surface area (Å²) in [4.78, 5) is 2.07. The highest BCUT2D eigenvalue weighted by Gasteiger charge is 2.07. The Labute approximate surface area is 122 Å². The molecular formula is C19H23N. The van der Waals surface area contributed by atoms with Crippen molar-refractivity contribution in [2.24, 2.45) is 0 Å². The van der Waals surface area contributed by atoms with E-state index >= 15 is 0 Å². The molecule has 0 heterocycles. The molecule has 0 amide bonds. The van der Waals surface area contributed by atoms with Crippen LogP contribution in [0.1, 0.15) is 12.5 Å². The van der Waals surface area contributed by atoms with Gasteiger partial charge in [0.15, 0.2) is 0 Å². The Balaban J connectivity index is 3.08. The van der Waals surface area contributed by atoms with Crippen molar-refractivity contribution < 1.29 is 0 Å². The number of nitrogens with zero attached hydrogens (tertiary/aromatic N) is 1. The summed E-state index contributed by atoms with van der Waals surface area (Å²) in [7, 11) is 4.05. The predicted octanol–water partition coefficient (Wildman–Crippen LogP) is 5.01. The zero-order valence-electron chi connectivity index (χ0n) is 12.7. The van der Waals surface area contributed by atoms with Crippen LogP contribution in [0, 0.1) is 0 Å². The lowest BCUT2D eigenvalue weighted by Crippen LogP contribution is -2.08. The van der Waals surface area contributed by atoms with Gasteiger partial charge in [0.2, 0.25) is 0 Å². The predicted molar refractivity (Wildman–Crippen MR) is 92.0 cm³/mol. The highest BCUT2D eigenvalue weighted by atomic mass is 15.1. The quantitative estimate of drug-likeness (QED) is 0.653. The number of benzene rings is 1. The molecule has 0 atom stereocenters. The minimum Gasteiger partial charge on any atom is -0.378 e. The van der Waals surface area contributed by atoms with Crippen molar-refractivity contribution in [1.82, 2.24) is 0 Å². The highest BCUT2D eigenvalue weighted by Crippen LogP contribution is 2.28. The minimum absolute atomic E-state index is 0.897. The van der Waals surface area contributed by atoms with E-state index in [1.807, 2.05) is 51.4 Å². The maximum absolute atomic E-state index is 4.17. The van der Waals surface area contributed by atoms with Crippen molar-refractivity contribution >= 4 is 11.3 Å². The zero-order valence-corrected chi connectivity index (χ0v) is 12.7. The largest absolute Gasteiger partial charge is 0.378 e. The molecule has 1 aromatic carbocycles. The van der Waals surface area contributed by atoms with Gasteiger partial charge in [0, 0.05) is 19.8 Å². The first-order valence-electron chi connectivity index (χ1n) is 6.63. The molecule has 0 saturated heterocycles. The van der Waals surface area contributed by atoms with Crippen LogP contribution in [-0.4, -0.2) is 14.1 Å². The minimum atomic E-state index is 0.897. The van der Waals surface area contributed by atoms with Crippen molar-refractivity contribution in [2.45, 2.75) is 6.92 Å². The molecule has 0 N–H and O–H groups in total. The van der Waals surface area contributed by atoms with Gasteiger partial charge in [-0.2, -0.15) is 0 Å². The van der Waals surface area contributed by atoms with Gasteiger partial charge in [-0.3, -0.25) is 0 Å². The molecule has 0 fully saturated rings. The first kappa shape index (κ1) is 15.8. The number of hydrogen-bond donors (Lipinski definition) is 0. The van der Waals surface area contributed by atoms with E-state index in [1.54, 1.807) is 0 Å². The summed E-state index contributed by atoms with van der Waals surface area (Å²) < 4.78 is 0. The molecule has 0 saturated carbocycles. The lowest BCUT2D eigenvalue weighted by atomic mass is 9.94. The Morgan fingerprint density at radius 2 is 1.90 bits per heavy atom. The summed E-state index contributed by atoms with van der Waals surface area (Å²) >= 11 is 0. The van der Waals surface area contributed by atoms with Crippen molar-refractivity contribution in [3.05, 3.63) is 85.0 Å². The molecule has 0 radical (unpaired) electrons. The summed E-state index contributed by atoms with van der Waals surface area (Å²) in [6, 6.07) is 8.27. The molecule has 0 aliphatic carbocycles. The first-order chi connectivity index (χ1) is 9.51. The molecular weight excluding hydrogens is 242 g/mol. The van der Waals surface area contributed by atoms with Crippen LogP contribution >= 0.6 is 0 Å². The van der Waals surface area contributed by atoms with Crippen molar-refractivity contribution in [1.29, 1.82) is 0 Å². The third-order valence-corrected chi connectivity index (χ3v) is 3.11. The average Bonchev–Trinajstić information content (AvgIpc) is 2.47. The second kappa shape index (κ2) is 7.34. The Morgan fingerprint density at radius 1 is 1.20 bits per heavy atom. The second-order valence-corrected chi connectivity index (χ2v) is 4.75. The maximum Gasteiger partial charge on any atom is 0.0367 e. The Morgan fingerprint density at radius 3 is 2.45 bits per heavy atom. The third kappa shape index (κ3) is 3.86. The van der Waals surface area contributed by atoms with Crippen LogP contribution in [0.2, 0.25) is 0 Å². The number of hydrogen-bond acceptors (Lipinski definition) is 1. The van der Waals surface area contributed by atoms with E-state index in [-0.39, 0.29) is 0 Å². The van der Waals surface area contributed by atoms with Gasteiger partial charge >= 0.3 is 0 Å². The van der Waals surface area contributed by atoms with E-state index in [0.29, 0.717) is 0 Å². The molecule has 0 aliphatic rings. The lowest BCUT2D eigenvalue weighted by molar-refractivity contribution is 1.13. The fourth-order valence-electron chi connectivity index (χ4n) is 1.81. The third-order valence-electron chi connectivity index (χ3n) is 3.11. The lowest BCUT2D eigenvalue weighted by Gasteiger charge is -2.16. The fraction of sp³-hybridized carbons (Fsp3) is 0.158. The van der Waals surface area contributed by atoms with Crippen LogP contribution in [0.15, 0.2) is 79.5 Å². The van der Waals surface area contributed by atoms with Crippen LogP contribution in [0.5, 0.6) is 0 Å². The van der Waals surface area contributed by atoms with Crippen LogP contribution in [0.3, 0.4) is 0 Å². The molecule has 0 aromatic heterocycles. The molecule has 0 spiro atoms. The molecule has 1 aromatic rings. The zero-order chi connectivity index (χ0) is 15.1. The van der Waals surface area contributed by atoms with Gasteiger partial charge in [-0.25, -0.2) is 0 Å². The number of allylic oxidation sites excluding steroid dienone is 7. The Kier molecular flexibility index (Phi) is 5.79. The molecule has 1 rings (SSSR count). The summed E-state index contributed by atoms with van der Waals surface area (Å²) in [5.41, 5.74) is 5.03. The molecule has 0 unspecified atom stereocenters. The van der Waals surface area contributed by atoms with E-state index in [1.165, 1.54) is 0 Å². The average molecular weight is 265 g/mol.